The Bertz CT molecular complexity index is 1170. The summed E-state index contributed by atoms with van der Waals surface area (Å²) in [5.41, 5.74) is 1.24. The summed E-state index contributed by atoms with van der Waals surface area (Å²) in [7, 11) is 1.21. The van der Waals surface area contributed by atoms with Gasteiger partial charge in [-0.3, -0.25) is 4.79 Å². The summed E-state index contributed by atoms with van der Waals surface area (Å²) in [5.74, 6) is -0.273. The van der Waals surface area contributed by atoms with Crippen molar-refractivity contribution in [2.24, 2.45) is 7.05 Å². The average molecular weight is 517 g/mol. The van der Waals surface area contributed by atoms with Crippen molar-refractivity contribution in [2.45, 2.75) is 78.2 Å². The van der Waals surface area contributed by atoms with Crippen LogP contribution in [0.4, 0.5) is 10.5 Å². The predicted octanol–water partition coefficient (Wildman–Crippen LogP) is 3.81. The third-order valence-electron chi connectivity index (χ3n) is 6.90. The Morgan fingerprint density at radius 1 is 1.17 bits per heavy atom. The van der Waals surface area contributed by atoms with Crippen LogP contribution in [0.1, 0.15) is 70.5 Å². The van der Waals surface area contributed by atoms with Gasteiger partial charge < -0.3 is 23.5 Å². The second-order valence-corrected chi connectivity index (χ2v) is 11.6. The maximum absolute atomic E-state index is 13.4. The van der Waals surface area contributed by atoms with Crippen molar-refractivity contribution in [1.29, 1.82) is 0 Å². The first kappa shape index (κ1) is 26.5. The van der Waals surface area contributed by atoms with Crippen molar-refractivity contribution in [2.75, 3.05) is 11.0 Å². The van der Waals surface area contributed by atoms with Crippen LogP contribution in [0.5, 0.6) is 0 Å². The molecule has 1 aromatic heterocycles. The van der Waals surface area contributed by atoms with E-state index in [0.29, 0.717) is 24.3 Å². The zero-order valence-corrected chi connectivity index (χ0v) is 23.0. The molecule has 0 saturated carbocycles. The average Bonchev–Trinajstić information content (AvgIpc) is 3.23. The number of aromatic nitrogens is 2. The molecule has 2 aliphatic rings. The number of carbonyl (C=O) groups is 2. The number of ether oxygens (including phenoxy) is 1. The van der Waals surface area contributed by atoms with Gasteiger partial charge in [0.25, 0.3) is 0 Å². The van der Waals surface area contributed by atoms with E-state index >= 15 is 0 Å². The molecule has 4 rings (SSSR count). The van der Waals surface area contributed by atoms with Crippen LogP contribution < -0.4 is 9.88 Å². The van der Waals surface area contributed by atoms with Crippen LogP contribution >= 0.6 is 11.8 Å². The highest BCUT2D eigenvalue weighted by Gasteiger charge is 2.51. The fraction of sp³-hybridized carbons (Fsp3) is 0.560. The van der Waals surface area contributed by atoms with Crippen LogP contribution in [-0.2, 0) is 34.1 Å². The largest absolute Gasteiger partial charge is 0.494 e. The molecule has 0 radical (unpaired) electrons. The molecule has 9 nitrogen and oxygen atoms in total. The Kier molecular flexibility index (Phi) is 6.68. The number of hydrogen-bond acceptors (Lipinski definition) is 6. The first-order valence-corrected chi connectivity index (χ1v) is 12.4. The Balaban J connectivity index is 1.53. The van der Waals surface area contributed by atoms with E-state index in [0.717, 1.165) is 15.6 Å². The van der Waals surface area contributed by atoms with Gasteiger partial charge in [0, 0.05) is 37.5 Å². The summed E-state index contributed by atoms with van der Waals surface area (Å²) in [5, 5.41) is 0. The number of carbonyl (C=O) groups excluding carboxylic acids is 2. The van der Waals surface area contributed by atoms with Crippen molar-refractivity contribution in [1.82, 2.24) is 14.5 Å². The van der Waals surface area contributed by atoms with Crippen molar-refractivity contribution >= 4 is 42.0 Å². The van der Waals surface area contributed by atoms with E-state index in [2.05, 4.69) is 4.98 Å². The van der Waals surface area contributed by atoms with Crippen molar-refractivity contribution in [3.05, 3.63) is 41.5 Å². The second-order valence-electron chi connectivity index (χ2n) is 11.3. The lowest BCUT2D eigenvalue weighted by atomic mass is 9.79. The molecule has 0 aliphatic carbocycles. The molecule has 36 heavy (non-hydrogen) atoms. The summed E-state index contributed by atoms with van der Waals surface area (Å²) >= 11 is 6.53. The molecule has 0 bridgehead atoms. The smallest absolute Gasteiger partial charge is 0.444 e. The summed E-state index contributed by atoms with van der Waals surface area (Å²) in [4.78, 5) is 32.0. The number of imidazole rings is 1. The summed E-state index contributed by atoms with van der Waals surface area (Å²) < 4.78 is 20.6. The highest BCUT2D eigenvalue weighted by Crippen LogP contribution is 2.36. The van der Waals surface area contributed by atoms with Crippen LogP contribution in [0.3, 0.4) is 0 Å². The Morgan fingerprint density at radius 2 is 1.81 bits per heavy atom. The quantitative estimate of drug-likeness (QED) is 0.455. The van der Waals surface area contributed by atoms with Crippen LogP contribution in [0.15, 0.2) is 24.3 Å². The fourth-order valence-electron chi connectivity index (χ4n) is 4.18. The van der Waals surface area contributed by atoms with E-state index in [1.54, 1.807) is 34.7 Å². The Hall–Kier alpha value is -2.56. The van der Waals surface area contributed by atoms with E-state index in [4.69, 9.17) is 25.8 Å². The number of halogens is 1. The predicted molar refractivity (Wildman–Crippen MR) is 138 cm³/mol. The maximum atomic E-state index is 13.4. The van der Waals surface area contributed by atoms with Crippen molar-refractivity contribution < 1.29 is 23.6 Å². The molecule has 3 heterocycles. The lowest BCUT2D eigenvalue weighted by Gasteiger charge is -2.32. The minimum Gasteiger partial charge on any atom is -0.444 e. The van der Waals surface area contributed by atoms with E-state index < -0.39 is 35.9 Å². The van der Waals surface area contributed by atoms with Crippen LogP contribution in [0, 0.1) is 0 Å². The molecule has 0 atom stereocenters. The molecule has 11 heteroatoms. The normalized spacial score (nSPS) is 18.7. The standard InChI is InChI=1S/C25H34BClN4O5/c1-23(2,3)34-22(33)30-13-12-19-18(15-30)28-20(29(19)8)21(32)31(27)17-11-9-10-16(14-17)26-35-24(4,5)25(6,7)36-26/h9-11,14H,12-13,15H2,1-8H3. The number of benzene rings is 1. The third kappa shape index (κ3) is 4.99. The maximum Gasteiger partial charge on any atom is 0.494 e. The monoisotopic (exact) mass is 516 g/mol. The second kappa shape index (κ2) is 9.08. The third-order valence-corrected chi connectivity index (χ3v) is 7.25. The number of anilines is 1. The topological polar surface area (TPSA) is 86.1 Å². The van der Waals surface area contributed by atoms with E-state index in [-0.39, 0.29) is 12.4 Å². The van der Waals surface area contributed by atoms with Crippen LogP contribution in [0.25, 0.3) is 0 Å². The van der Waals surface area contributed by atoms with E-state index in [9.17, 15) is 9.59 Å². The SMILES string of the molecule is Cn1c(C(=O)N(Cl)c2cccc(B3OC(C)(C)C(C)(C)O3)c2)nc2c1CCN(C(=O)OC(C)(C)C)C2. The minimum atomic E-state index is -0.587. The molecule has 0 N–H and O–H groups in total. The number of nitrogens with zero attached hydrogens (tertiary/aromatic N) is 4. The van der Waals surface area contributed by atoms with Gasteiger partial charge in [-0.15, -0.1) is 0 Å². The van der Waals surface area contributed by atoms with Crippen LogP contribution in [0.2, 0.25) is 0 Å². The molecule has 0 spiro atoms. The number of rotatable bonds is 3. The summed E-state index contributed by atoms with van der Waals surface area (Å²) in [6, 6.07) is 7.21. The van der Waals surface area contributed by atoms with E-state index in [1.165, 1.54) is 0 Å². The van der Waals surface area contributed by atoms with Gasteiger partial charge in [0.1, 0.15) is 5.60 Å². The lowest BCUT2D eigenvalue weighted by Crippen LogP contribution is -2.41. The molecule has 2 aromatic rings. The molecule has 2 aliphatic heterocycles. The van der Waals surface area contributed by atoms with Gasteiger partial charge >= 0.3 is 19.1 Å². The molecule has 1 aromatic carbocycles. The lowest BCUT2D eigenvalue weighted by molar-refractivity contribution is 0.00578. The van der Waals surface area contributed by atoms with Gasteiger partial charge in [-0.25, -0.2) is 14.2 Å². The van der Waals surface area contributed by atoms with Crippen LogP contribution in [-0.4, -0.2) is 56.9 Å². The van der Waals surface area contributed by atoms with Gasteiger partial charge in [0.05, 0.1) is 29.1 Å². The number of amides is 2. The van der Waals surface area contributed by atoms with Gasteiger partial charge in [-0.05, 0) is 66.1 Å². The van der Waals surface area contributed by atoms with Gasteiger partial charge in [-0.2, -0.15) is 0 Å². The zero-order chi connectivity index (χ0) is 26.6. The van der Waals surface area contributed by atoms with Gasteiger partial charge in [-0.1, -0.05) is 12.1 Å². The molecule has 1 saturated heterocycles. The Labute approximate surface area is 217 Å². The van der Waals surface area contributed by atoms with Crippen molar-refractivity contribution in [3.8, 4) is 0 Å². The first-order chi connectivity index (χ1) is 16.6. The summed E-state index contributed by atoms with van der Waals surface area (Å²) in [6.07, 6.45) is 0.163. The van der Waals surface area contributed by atoms with Gasteiger partial charge in [0.15, 0.2) is 0 Å². The minimum absolute atomic E-state index is 0.196. The molecule has 0 unspecified atom stereocenters. The molecular formula is C25H34BClN4O5. The first-order valence-electron chi connectivity index (χ1n) is 12.1. The highest BCUT2D eigenvalue weighted by molar-refractivity contribution is 6.62. The zero-order valence-electron chi connectivity index (χ0n) is 22.2. The molecular weight excluding hydrogens is 483 g/mol. The number of hydrogen-bond donors (Lipinski definition) is 0. The molecule has 194 valence electrons. The van der Waals surface area contributed by atoms with E-state index in [1.807, 2.05) is 54.5 Å². The molecule has 2 amide bonds. The van der Waals surface area contributed by atoms with Crippen molar-refractivity contribution in [3.63, 3.8) is 0 Å². The summed E-state index contributed by atoms with van der Waals surface area (Å²) in [6.45, 7) is 14.2. The Morgan fingerprint density at radius 3 is 2.42 bits per heavy atom. The number of fused-ring (bicyclic) bond motifs is 1. The molecule has 1 fully saturated rings. The van der Waals surface area contributed by atoms with Gasteiger partial charge in [0.2, 0.25) is 5.82 Å². The fourth-order valence-corrected chi connectivity index (χ4v) is 4.36. The highest BCUT2D eigenvalue weighted by atomic mass is 35.5.